The summed E-state index contributed by atoms with van der Waals surface area (Å²) in [7, 11) is 0. The van der Waals surface area contributed by atoms with Crippen molar-refractivity contribution < 1.29 is 19.1 Å². The minimum Gasteiger partial charge on any atom is -0.454 e. The first kappa shape index (κ1) is 17.8. The number of carbonyl (C=O) groups is 2. The van der Waals surface area contributed by atoms with E-state index in [-0.39, 0.29) is 25.2 Å². The van der Waals surface area contributed by atoms with Gasteiger partial charge in [-0.25, -0.2) is 0 Å². The molecular weight excluding hydrogens is 332 g/mol. The van der Waals surface area contributed by atoms with E-state index < -0.39 is 0 Å². The summed E-state index contributed by atoms with van der Waals surface area (Å²) in [5.74, 6) is 0.787. The van der Waals surface area contributed by atoms with Gasteiger partial charge >= 0.3 is 0 Å². The molecule has 0 saturated heterocycles. The highest BCUT2D eigenvalue weighted by Gasteiger charge is 2.20. The maximum atomic E-state index is 12.5. The lowest BCUT2D eigenvalue weighted by molar-refractivity contribution is -0.120. The van der Waals surface area contributed by atoms with Gasteiger partial charge in [0.25, 0.3) is 0 Å². The Balaban J connectivity index is 1.78. The third kappa shape index (κ3) is 3.64. The molecule has 2 aromatic rings. The van der Waals surface area contributed by atoms with Crippen LogP contribution in [0.15, 0.2) is 30.3 Å². The molecular formula is C20H22N2O4. The molecule has 0 aromatic heterocycles. The second-order valence-electron chi connectivity index (χ2n) is 6.47. The molecule has 0 aliphatic carbocycles. The summed E-state index contributed by atoms with van der Waals surface area (Å²) < 4.78 is 10.6. The van der Waals surface area contributed by atoms with Crippen molar-refractivity contribution in [1.29, 1.82) is 0 Å². The number of nitrogens with one attached hydrogen (secondary N) is 1. The number of carbonyl (C=O) groups excluding carboxylic acids is 2. The summed E-state index contributed by atoms with van der Waals surface area (Å²) in [4.78, 5) is 26.2. The van der Waals surface area contributed by atoms with Crippen molar-refractivity contribution in [3.63, 3.8) is 0 Å². The Hall–Kier alpha value is -3.02. The van der Waals surface area contributed by atoms with E-state index in [1.807, 2.05) is 32.9 Å². The lowest BCUT2D eigenvalue weighted by Crippen LogP contribution is -2.37. The highest BCUT2D eigenvalue weighted by Crippen LogP contribution is 2.34. The average molecular weight is 354 g/mol. The molecule has 1 heterocycles. The van der Waals surface area contributed by atoms with Crippen LogP contribution in [0.1, 0.15) is 23.6 Å². The van der Waals surface area contributed by atoms with Gasteiger partial charge in [0.1, 0.15) is 6.54 Å². The quantitative estimate of drug-likeness (QED) is 0.914. The minimum atomic E-state index is -0.279. The molecule has 0 radical (unpaired) electrons. The molecule has 0 spiro atoms. The molecule has 2 aromatic carbocycles. The number of aryl methyl sites for hydroxylation is 3. The fraction of sp³-hybridized carbons (Fsp3) is 0.300. The highest BCUT2D eigenvalue weighted by molar-refractivity contribution is 6.02. The van der Waals surface area contributed by atoms with E-state index in [1.54, 1.807) is 18.2 Å². The molecule has 2 amide bonds. The number of nitrogens with zero attached hydrogens (tertiary/aromatic N) is 1. The van der Waals surface area contributed by atoms with E-state index in [2.05, 4.69) is 5.32 Å². The van der Waals surface area contributed by atoms with Gasteiger partial charge in [-0.3, -0.25) is 9.59 Å². The topological polar surface area (TPSA) is 67.9 Å². The Morgan fingerprint density at radius 3 is 2.35 bits per heavy atom. The van der Waals surface area contributed by atoms with E-state index in [9.17, 15) is 9.59 Å². The highest BCUT2D eigenvalue weighted by atomic mass is 16.7. The first-order valence-corrected chi connectivity index (χ1v) is 8.40. The number of anilines is 2. The van der Waals surface area contributed by atoms with Gasteiger partial charge in [0.2, 0.25) is 18.6 Å². The first-order chi connectivity index (χ1) is 12.3. The lowest BCUT2D eigenvalue weighted by Gasteiger charge is -2.25. The van der Waals surface area contributed by atoms with Crippen molar-refractivity contribution in [2.75, 3.05) is 23.6 Å². The van der Waals surface area contributed by atoms with Crippen LogP contribution in [0.4, 0.5) is 11.4 Å². The molecule has 0 bridgehead atoms. The van der Waals surface area contributed by atoms with Crippen LogP contribution in [0.2, 0.25) is 0 Å². The zero-order chi connectivity index (χ0) is 18.8. The predicted octanol–water partition coefficient (Wildman–Crippen LogP) is 3.33. The van der Waals surface area contributed by atoms with Crippen LogP contribution >= 0.6 is 0 Å². The Kier molecular flexibility index (Phi) is 4.84. The predicted molar refractivity (Wildman–Crippen MR) is 99.9 cm³/mol. The standard InChI is InChI=1S/C20H22N2O4/c1-12-7-13(2)20(14(3)8-12)22(15(4)23)10-19(24)21-16-5-6-17-18(9-16)26-11-25-17/h5-9H,10-11H2,1-4H3,(H,21,24). The van der Waals surface area contributed by atoms with Crippen LogP contribution in [0.25, 0.3) is 0 Å². The molecule has 26 heavy (non-hydrogen) atoms. The molecule has 1 aliphatic rings. The van der Waals surface area contributed by atoms with Gasteiger partial charge in [0.05, 0.1) is 5.69 Å². The number of rotatable bonds is 4. The third-order valence-electron chi connectivity index (χ3n) is 4.24. The van der Waals surface area contributed by atoms with Crippen molar-refractivity contribution in [3.05, 3.63) is 47.0 Å². The number of fused-ring (bicyclic) bond motifs is 1. The fourth-order valence-corrected chi connectivity index (χ4v) is 3.26. The normalized spacial score (nSPS) is 12.0. The monoisotopic (exact) mass is 354 g/mol. The first-order valence-electron chi connectivity index (χ1n) is 8.40. The van der Waals surface area contributed by atoms with Crippen molar-refractivity contribution in [3.8, 4) is 11.5 Å². The zero-order valence-electron chi connectivity index (χ0n) is 15.4. The van der Waals surface area contributed by atoms with Crippen LogP contribution < -0.4 is 19.7 Å². The second-order valence-corrected chi connectivity index (χ2v) is 6.47. The third-order valence-corrected chi connectivity index (χ3v) is 4.24. The molecule has 6 heteroatoms. The summed E-state index contributed by atoms with van der Waals surface area (Å²) in [6.45, 7) is 7.48. The van der Waals surface area contributed by atoms with E-state index in [0.717, 1.165) is 22.4 Å². The SMILES string of the molecule is CC(=O)N(CC(=O)Nc1ccc2c(c1)OCO2)c1c(C)cc(C)cc1C. The average Bonchev–Trinajstić information content (AvgIpc) is 3.00. The zero-order valence-corrected chi connectivity index (χ0v) is 15.4. The van der Waals surface area contributed by atoms with Crippen molar-refractivity contribution in [1.82, 2.24) is 0 Å². The summed E-state index contributed by atoms with van der Waals surface area (Å²) in [5, 5.41) is 2.81. The summed E-state index contributed by atoms with van der Waals surface area (Å²) in [6, 6.07) is 9.21. The van der Waals surface area contributed by atoms with Gasteiger partial charge in [0, 0.05) is 18.7 Å². The molecule has 1 aliphatic heterocycles. The lowest BCUT2D eigenvalue weighted by atomic mass is 10.0. The van der Waals surface area contributed by atoms with Gasteiger partial charge in [-0.15, -0.1) is 0 Å². The molecule has 0 saturated carbocycles. The van der Waals surface area contributed by atoms with Gasteiger partial charge in [-0.2, -0.15) is 0 Å². The molecule has 0 fully saturated rings. The van der Waals surface area contributed by atoms with E-state index in [0.29, 0.717) is 17.2 Å². The van der Waals surface area contributed by atoms with Crippen LogP contribution in [-0.2, 0) is 9.59 Å². The Morgan fingerprint density at radius 1 is 1.04 bits per heavy atom. The van der Waals surface area contributed by atoms with Gasteiger partial charge < -0.3 is 19.7 Å². The number of hydrogen-bond donors (Lipinski definition) is 1. The van der Waals surface area contributed by atoms with Crippen LogP contribution in [0.5, 0.6) is 11.5 Å². The maximum absolute atomic E-state index is 12.5. The molecule has 1 N–H and O–H groups in total. The van der Waals surface area contributed by atoms with Gasteiger partial charge in [-0.05, 0) is 44.0 Å². The molecule has 136 valence electrons. The number of ether oxygens (including phenoxy) is 2. The Morgan fingerprint density at radius 2 is 1.69 bits per heavy atom. The Bertz CT molecular complexity index is 853. The van der Waals surface area contributed by atoms with Crippen LogP contribution in [0, 0.1) is 20.8 Å². The van der Waals surface area contributed by atoms with E-state index in [1.165, 1.54) is 11.8 Å². The Labute approximate surface area is 152 Å². The smallest absolute Gasteiger partial charge is 0.244 e. The van der Waals surface area contributed by atoms with Gasteiger partial charge in [0.15, 0.2) is 11.5 Å². The second kappa shape index (κ2) is 7.07. The summed E-state index contributed by atoms with van der Waals surface area (Å²) in [5.41, 5.74) is 4.43. The molecule has 0 atom stereocenters. The van der Waals surface area contributed by atoms with Crippen LogP contribution in [0.3, 0.4) is 0 Å². The van der Waals surface area contributed by atoms with Crippen molar-refractivity contribution >= 4 is 23.2 Å². The number of amides is 2. The largest absolute Gasteiger partial charge is 0.454 e. The maximum Gasteiger partial charge on any atom is 0.244 e. The minimum absolute atomic E-state index is 0.0610. The summed E-state index contributed by atoms with van der Waals surface area (Å²) in [6.07, 6.45) is 0. The van der Waals surface area contributed by atoms with Crippen molar-refractivity contribution in [2.45, 2.75) is 27.7 Å². The van der Waals surface area contributed by atoms with E-state index in [4.69, 9.17) is 9.47 Å². The number of hydrogen-bond acceptors (Lipinski definition) is 4. The van der Waals surface area contributed by atoms with Gasteiger partial charge in [-0.1, -0.05) is 17.7 Å². The van der Waals surface area contributed by atoms with Crippen LogP contribution in [-0.4, -0.2) is 25.2 Å². The van der Waals surface area contributed by atoms with E-state index >= 15 is 0 Å². The molecule has 6 nitrogen and oxygen atoms in total. The number of benzene rings is 2. The fourth-order valence-electron chi connectivity index (χ4n) is 3.26. The molecule has 3 rings (SSSR count). The van der Waals surface area contributed by atoms with Crippen molar-refractivity contribution in [2.24, 2.45) is 0 Å². The molecule has 0 unspecified atom stereocenters. The summed E-state index contributed by atoms with van der Waals surface area (Å²) >= 11 is 0.